The van der Waals surface area contributed by atoms with Gasteiger partial charge in [-0.15, -0.1) is 0 Å². The van der Waals surface area contributed by atoms with E-state index >= 15 is 0 Å². The molecular weight excluding hydrogens is 212 g/mol. The third kappa shape index (κ3) is 3.70. The van der Waals surface area contributed by atoms with Gasteiger partial charge in [-0.3, -0.25) is 14.3 Å². The van der Waals surface area contributed by atoms with Crippen LogP contribution in [-0.4, -0.2) is 32.8 Å². The van der Waals surface area contributed by atoms with Gasteiger partial charge in [0.2, 0.25) is 5.91 Å². The molecule has 1 aromatic rings. The molecule has 0 fully saturated rings. The highest BCUT2D eigenvalue weighted by molar-refractivity contribution is 5.85. The van der Waals surface area contributed by atoms with Crippen molar-refractivity contribution in [3.8, 4) is 0 Å². The molecule has 0 aliphatic rings. The van der Waals surface area contributed by atoms with Crippen LogP contribution >= 0.6 is 0 Å². The Morgan fingerprint density at radius 3 is 2.88 bits per heavy atom. The Kier molecular flexibility index (Phi) is 4.01. The standard InChI is InChI=1S/C9H14N4O3/c1-13-3-2-6(12-13)5-11-9(16)7(10)4-8(14)15/h2-3,7H,4-5,10H2,1H3,(H,11,16)(H,14,15). The molecule has 1 rings (SSSR count). The van der Waals surface area contributed by atoms with Gasteiger partial charge in [-0.2, -0.15) is 5.10 Å². The second-order valence-electron chi connectivity index (χ2n) is 3.40. The number of nitrogens with two attached hydrogens (primary N) is 1. The predicted octanol–water partition coefficient (Wildman–Crippen LogP) is -1.16. The summed E-state index contributed by atoms with van der Waals surface area (Å²) in [5, 5.41) is 15.0. The van der Waals surface area contributed by atoms with Crippen LogP contribution in [0.5, 0.6) is 0 Å². The van der Waals surface area contributed by atoms with Crippen molar-refractivity contribution in [1.29, 1.82) is 0 Å². The van der Waals surface area contributed by atoms with Crippen LogP contribution in [-0.2, 0) is 23.2 Å². The smallest absolute Gasteiger partial charge is 0.305 e. The quantitative estimate of drug-likeness (QED) is 0.586. The van der Waals surface area contributed by atoms with Gasteiger partial charge in [-0.25, -0.2) is 0 Å². The summed E-state index contributed by atoms with van der Waals surface area (Å²) in [4.78, 5) is 21.6. The van der Waals surface area contributed by atoms with Gasteiger partial charge in [0.1, 0.15) is 0 Å². The van der Waals surface area contributed by atoms with E-state index in [4.69, 9.17) is 10.8 Å². The predicted molar refractivity (Wildman–Crippen MR) is 55.3 cm³/mol. The topological polar surface area (TPSA) is 110 Å². The third-order valence-corrected chi connectivity index (χ3v) is 1.94. The van der Waals surface area contributed by atoms with Gasteiger partial charge in [0.05, 0.1) is 24.7 Å². The van der Waals surface area contributed by atoms with E-state index in [9.17, 15) is 9.59 Å². The molecule has 7 heteroatoms. The van der Waals surface area contributed by atoms with Crippen molar-refractivity contribution in [2.75, 3.05) is 0 Å². The number of hydrogen-bond donors (Lipinski definition) is 3. The number of aromatic nitrogens is 2. The number of nitrogens with one attached hydrogen (secondary N) is 1. The van der Waals surface area contributed by atoms with E-state index in [1.165, 1.54) is 0 Å². The van der Waals surface area contributed by atoms with Crippen molar-refractivity contribution < 1.29 is 14.7 Å². The number of carboxylic acids is 1. The zero-order chi connectivity index (χ0) is 12.1. The summed E-state index contributed by atoms with van der Waals surface area (Å²) in [6, 6.07) is 0.726. The Morgan fingerprint density at radius 2 is 2.38 bits per heavy atom. The Bertz CT molecular complexity index is 388. The lowest BCUT2D eigenvalue weighted by Gasteiger charge is -2.08. The van der Waals surface area contributed by atoms with Crippen molar-refractivity contribution in [3.05, 3.63) is 18.0 Å². The fourth-order valence-electron chi connectivity index (χ4n) is 1.15. The van der Waals surface area contributed by atoms with E-state index in [1.54, 1.807) is 24.0 Å². The van der Waals surface area contributed by atoms with Crippen molar-refractivity contribution in [1.82, 2.24) is 15.1 Å². The molecule has 0 aromatic carbocycles. The zero-order valence-corrected chi connectivity index (χ0v) is 8.88. The first-order chi connectivity index (χ1) is 7.49. The van der Waals surface area contributed by atoms with Crippen LogP contribution in [0.15, 0.2) is 12.3 Å². The fourth-order valence-corrected chi connectivity index (χ4v) is 1.15. The second kappa shape index (κ2) is 5.26. The molecule has 1 atom stereocenters. The minimum absolute atomic E-state index is 0.243. The van der Waals surface area contributed by atoms with Crippen LogP contribution < -0.4 is 11.1 Å². The Labute approximate surface area is 92.2 Å². The van der Waals surface area contributed by atoms with Crippen molar-refractivity contribution in [3.63, 3.8) is 0 Å². The van der Waals surface area contributed by atoms with E-state index < -0.39 is 17.9 Å². The number of amides is 1. The number of aryl methyl sites for hydroxylation is 1. The molecule has 0 radical (unpaired) electrons. The molecule has 1 heterocycles. The minimum Gasteiger partial charge on any atom is -0.481 e. The highest BCUT2D eigenvalue weighted by Crippen LogP contribution is 1.94. The first kappa shape index (κ1) is 12.2. The lowest BCUT2D eigenvalue weighted by Crippen LogP contribution is -2.41. The summed E-state index contributed by atoms with van der Waals surface area (Å²) in [6.45, 7) is 0.243. The first-order valence-corrected chi connectivity index (χ1v) is 4.72. The number of nitrogens with zero attached hydrogens (tertiary/aromatic N) is 2. The Morgan fingerprint density at radius 1 is 1.69 bits per heavy atom. The molecule has 88 valence electrons. The van der Waals surface area contributed by atoms with Gasteiger partial charge in [0.15, 0.2) is 0 Å². The largest absolute Gasteiger partial charge is 0.481 e. The Balaban J connectivity index is 2.37. The minimum atomic E-state index is -1.10. The van der Waals surface area contributed by atoms with Crippen LogP contribution in [0.4, 0.5) is 0 Å². The van der Waals surface area contributed by atoms with Crippen LogP contribution in [0.25, 0.3) is 0 Å². The normalized spacial score (nSPS) is 12.1. The number of carbonyl (C=O) groups is 2. The molecular formula is C9H14N4O3. The molecule has 0 bridgehead atoms. The summed E-state index contributed by atoms with van der Waals surface area (Å²) in [6.07, 6.45) is 1.37. The lowest BCUT2D eigenvalue weighted by atomic mass is 10.2. The number of carbonyl (C=O) groups excluding carboxylic acids is 1. The summed E-state index contributed by atoms with van der Waals surface area (Å²) < 4.78 is 1.61. The molecule has 1 amide bonds. The van der Waals surface area contributed by atoms with Crippen LogP contribution in [0, 0.1) is 0 Å². The molecule has 0 aliphatic heterocycles. The molecule has 1 aromatic heterocycles. The third-order valence-electron chi connectivity index (χ3n) is 1.94. The number of aliphatic carboxylic acids is 1. The molecule has 0 aliphatic carbocycles. The van der Waals surface area contributed by atoms with Crippen molar-refractivity contribution >= 4 is 11.9 Å². The number of rotatable bonds is 5. The van der Waals surface area contributed by atoms with Crippen molar-refractivity contribution in [2.45, 2.75) is 19.0 Å². The highest BCUT2D eigenvalue weighted by Gasteiger charge is 2.16. The molecule has 0 saturated heterocycles. The molecule has 4 N–H and O–H groups in total. The molecule has 0 spiro atoms. The van der Waals surface area contributed by atoms with Gasteiger partial charge in [0.25, 0.3) is 0 Å². The lowest BCUT2D eigenvalue weighted by molar-refractivity contribution is -0.139. The van der Waals surface area contributed by atoms with Gasteiger partial charge < -0.3 is 16.2 Å². The molecule has 16 heavy (non-hydrogen) atoms. The van der Waals surface area contributed by atoms with E-state index in [0.29, 0.717) is 5.69 Å². The SMILES string of the molecule is Cn1ccc(CNC(=O)C(N)CC(=O)O)n1. The van der Waals surface area contributed by atoms with E-state index in [0.717, 1.165) is 0 Å². The highest BCUT2D eigenvalue weighted by atomic mass is 16.4. The number of carboxylic acid groups (broad SMARTS) is 1. The average Bonchev–Trinajstić information content (AvgIpc) is 2.59. The van der Waals surface area contributed by atoms with E-state index in [-0.39, 0.29) is 13.0 Å². The number of hydrogen-bond acceptors (Lipinski definition) is 4. The maximum absolute atomic E-state index is 11.3. The maximum Gasteiger partial charge on any atom is 0.305 e. The van der Waals surface area contributed by atoms with E-state index in [2.05, 4.69) is 10.4 Å². The summed E-state index contributed by atoms with van der Waals surface area (Å²) in [7, 11) is 1.77. The average molecular weight is 226 g/mol. The second-order valence-corrected chi connectivity index (χ2v) is 3.40. The molecule has 7 nitrogen and oxygen atoms in total. The maximum atomic E-state index is 11.3. The fraction of sp³-hybridized carbons (Fsp3) is 0.444. The van der Waals surface area contributed by atoms with Gasteiger partial charge in [-0.05, 0) is 6.07 Å². The van der Waals surface area contributed by atoms with Crippen LogP contribution in [0.1, 0.15) is 12.1 Å². The van der Waals surface area contributed by atoms with E-state index in [1.807, 2.05) is 0 Å². The molecule has 1 unspecified atom stereocenters. The zero-order valence-electron chi connectivity index (χ0n) is 8.88. The first-order valence-electron chi connectivity index (χ1n) is 4.72. The summed E-state index contributed by atoms with van der Waals surface area (Å²) in [5.41, 5.74) is 6.06. The van der Waals surface area contributed by atoms with Crippen molar-refractivity contribution in [2.24, 2.45) is 12.8 Å². The van der Waals surface area contributed by atoms with Gasteiger partial charge in [-0.1, -0.05) is 0 Å². The summed E-state index contributed by atoms with van der Waals surface area (Å²) >= 11 is 0. The van der Waals surface area contributed by atoms with Crippen LogP contribution in [0.2, 0.25) is 0 Å². The summed E-state index contributed by atoms with van der Waals surface area (Å²) in [5.74, 6) is -1.59. The molecule has 0 saturated carbocycles. The Hall–Kier alpha value is -1.89. The van der Waals surface area contributed by atoms with Crippen LogP contribution in [0.3, 0.4) is 0 Å². The van der Waals surface area contributed by atoms with Gasteiger partial charge in [0, 0.05) is 13.2 Å². The van der Waals surface area contributed by atoms with Gasteiger partial charge >= 0.3 is 5.97 Å². The monoisotopic (exact) mass is 226 g/mol.